The van der Waals surface area contributed by atoms with E-state index in [1.54, 1.807) is 30.5 Å². The van der Waals surface area contributed by atoms with Crippen LogP contribution in [-0.2, 0) is 5.41 Å². The van der Waals surface area contributed by atoms with Crippen molar-refractivity contribution in [2.24, 2.45) is 0 Å². The summed E-state index contributed by atoms with van der Waals surface area (Å²) in [5.74, 6) is 0. The predicted octanol–water partition coefficient (Wildman–Crippen LogP) is 3.51. The van der Waals surface area contributed by atoms with Crippen molar-refractivity contribution in [2.45, 2.75) is 30.5 Å². The summed E-state index contributed by atoms with van der Waals surface area (Å²) in [5, 5.41) is 21.5. The molecular weight excluding hydrogens is 309 g/mol. The molecule has 2 N–H and O–H groups in total. The van der Waals surface area contributed by atoms with E-state index in [2.05, 4.69) is 4.98 Å². The Hall–Kier alpha value is -1.13. The fourth-order valence-electron chi connectivity index (χ4n) is 3.02. The lowest BCUT2D eigenvalue weighted by Gasteiger charge is -2.48. The van der Waals surface area contributed by atoms with E-state index in [1.165, 1.54) is 0 Å². The highest BCUT2D eigenvalue weighted by Gasteiger charge is 2.51. The van der Waals surface area contributed by atoms with Crippen molar-refractivity contribution < 1.29 is 10.2 Å². The second-order valence-electron chi connectivity index (χ2n) is 5.50. The van der Waals surface area contributed by atoms with Crippen LogP contribution in [-0.4, -0.2) is 21.3 Å². The lowest BCUT2D eigenvalue weighted by Crippen LogP contribution is -2.49. The third-order valence-corrected chi connectivity index (χ3v) is 4.92. The maximum Gasteiger partial charge on any atom is 0.106 e. The van der Waals surface area contributed by atoms with Gasteiger partial charge in [0, 0.05) is 11.6 Å². The van der Waals surface area contributed by atoms with Crippen LogP contribution in [0.25, 0.3) is 0 Å². The summed E-state index contributed by atoms with van der Waals surface area (Å²) < 4.78 is 0. The molecule has 0 spiro atoms. The van der Waals surface area contributed by atoms with Gasteiger partial charge in [-0.25, -0.2) is 0 Å². The smallest absolute Gasteiger partial charge is 0.106 e. The molecule has 0 saturated heterocycles. The summed E-state index contributed by atoms with van der Waals surface area (Å²) in [6.45, 7) is 0. The molecule has 1 aromatic heterocycles. The second kappa shape index (κ2) is 5.58. The maximum atomic E-state index is 10.8. The summed E-state index contributed by atoms with van der Waals surface area (Å²) in [7, 11) is 0. The molecule has 0 aliphatic heterocycles. The average molecular weight is 324 g/mol. The van der Waals surface area contributed by atoms with E-state index in [4.69, 9.17) is 23.2 Å². The number of aliphatic hydroxyl groups is 2. The molecule has 0 unspecified atom stereocenters. The fourth-order valence-corrected chi connectivity index (χ4v) is 3.32. The first-order chi connectivity index (χ1) is 10.0. The molecule has 0 amide bonds. The SMILES string of the molecule is O[C@@H](c1ccccn1)[C@]1(c2ccc(Cl)c(Cl)c2)C[C@H](O)C1. The zero-order valence-corrected chi connectivity index (χ0v) is 12.7. The number of hydrogen-bond donors (Lipinski definition) is 2. The summed E-state index contributed by atoms with van der Waals surface area (Å²) in [6.07, 6.45) is 1.39. The quantitative estimate of drug-likeness (QED) is 0.908. The number of hydrogen-bond acceptors (Lipinski definition) is 3. The van der Waals surface area contributed by atoms with Crippen molar-refractivity contribution in [3.63, 3.8) is 0 Å². The maximum absolute atomic E-state index is 10.8. The van der Waals surface area contributed by atoms with E-state index in [1.807, 2.05) is 12.1 Å². The summed E-state index contributed by atoms with van der Waals surface area (Å²) in [5.41, 5.74) is 0.901. The van der Waals surface area contributed by atoms with Gasteiger partial charge in [-0.15, -0.1) is 0 Å². The second-order valence-corrected chi connectivity index (χ2v) is 6.32. The summed E-state index contributed by atoms with van der Waals surface area (Å²) in [6, 6.07) is 10.8. The molecule has 5 heteroatoms. The Bertz CT molecular complexity index is 642. The highest BCUT2D eigenvalue weighted by molar-refractivity contribution is 6.42. The molecule has 0 radical (unpaired) electrons. The lowest BCUT2D eigenvalue weighted by molar-refractivity contribution is -0.0591. The molecule has 1 fully saturated rings. The number of pyridine rings is 1. The van der Waals surface area contributed by atoms with Crippen molar-refractivity contribution in [3.8, 4) is 0 Å². The molecule has 1 aromatic carbocycles. The monoisotopic (exact) mass is 323 g/mol. The van der Waals surface area contributed by atoms with E-state index in [9.17, 15) is 10.2 Å². The van der Waals surface area contributed by atoms with Gasteiger partial charge in [0.15, 0.2) is 0 Å². The van der Waals surface area contributed by atoms with Gasteiger partial charge in [-0.3, -0.25) is 4.98 Å². The number of nitrogens with zero attached hydrogens (tertiary/aromatic N) is 1. The number of aliphatic hydroxyl groups excluding tert-OH is 2. The first-order valence-electron chi connectivity index (χ1n) is 6.75. The van der Waals surface area contributed by atoms with E-state index in [0.717, 1.165) is 5.56 Å². The Labute approximate surface area is 133 Å². The fraction of sp³-hybridized carbons (Fsp3) is 0.312. The van der Waals surface area contributed by atoms with Gasteiger partial charge < -0.3 is 10.2 Å². The first-order valence-corrected chi connectivity index (χ1v) is 7.51. The molecule has 1 aliphatic carbocycles. The number of aromatic nitrogens is 1. The minimum absolute atomic E-state index is 0.419. The Morgan fingerprint density at radius 1 is 1.14 bits per heavy atom. The first kappa shape index (κ1) is 14.8. The van der Waals surface area contributed by atoms with Crippen LogP contribution < -0.4 is 0 Å². The van der Waals surface area contributed by atoms with Crippen LogP contribution in [0.1, 0.15) is 30.2 Å². The molecule has 21 heavy (non-hydrogen) atoms. The summed E-state index contributed by atoms with van der Waals surface area (Å²) in [4.78, 5) is 4.23. The van der Waals surface area contributed by atoms with Gasteiger partial charge in [-0.1, -0.05) is 35.3 Å². The van der Waals surface area contributed by atoms with E-state index in [-0.39, 0.29) is 0 Å². The van der Waals surface area contributed by atoms with Gasteiger partial charge >= 0.3 is 0 Å². The molecule has 3 rings (SSSR count). The minimum atomic E-state index is -0.792. The molecular formula is C16H15Cl2NO2. The molecule has 0 bridgehead atoms. The zero-order valence-electron chi connectivity index (χ0n) is 11.2. The van der Waals surface area contributed by atoms with Crippen LogP contribution in [0.15, 0.2) is 42.6 Å². The molecule has 2 aromatic rings. The van der Waals surface area contributed by atoms with Crippen LogP contribution >= 0.6 is 23.2 Å². The van der Waals surface area contributed by atoms with Gasteiger partial charge in [0.2, 0.25) is 0 Å². The van der Waals surface area contributed by atoms with Crippen LogP contribution in [0.3, 0.4) is 0 Å². The van der Waals surface area contributed by atoms with E-state index in [0.29, 0.717) is 28.6 Å². The third kappa shape index (κ3) is 2.55. The van der Waals surface area contributed by atoms with E-state index < -0.39 is 17.6 Å². The van der Waals surface area contributed by atoms with Gasteiger partial charge in [0.25, 0.3) is 0 Å². The molecule has 1 aliphatic rings. The van der Waals surface area contributed by atoms with Gasteiger partial charge in [-0.05, 0) is 42.7 Å². The molecule has 1 atom stereocenters. The molecule has 1 saturated carbocycles. The van der Waals surface area contributed by atoms with E-state index >= 15 is 0 Å². The highest BCUT2D eigenvalue weighted by atomic mass is 35.5. The number of halogens is 2. The summed E-state index contributed by atoms with van der Waals surface area (Å²) >= 11 is 12.1. The number of benzene rings is 1. The van der Waals surface area contributed by atoms with Gasteiger partial charge in [0.1, 0.15) is 6.10 Å². The number of rotatable bonds is 3. The Morgan fingerprint density at radius 3 is 2.48 bits per heavy atom. The van der Waals surface area contributed by atoms with Crippen molar-refractivity contribution in [2.75, 3.05) is 0 Å². The zero-order chi connectivity index (χ0) is 15.0. The van der Waals surface area contributed by atoms with Gasteiger partial charge in [0.05, 0.1) is 21.8 Å². The lowest BCUT2D eigenvalue weighted by atomic mass is 9.59. The Balaban J connectivity index is 2.02. The average Bonchev–Trinajstić information content (AvgIpc) is 2.47. The predicted molar refractivity (Wildman–Crippen MR) is 82.6 cm³/mol. The van der Waals surface area contributed by atoms with Crippen molar-refractivity contribution >= 4 is 23.2 Å². The Kier molecular flexibility index (Phi) is 3.93. The van der Waals surface area contributed by atoms with Gasteiger partial charge in [-0.2, -0.15) is 0 Å². The van der Waals surface area contributed by atoms with Crippen LogP contribution in [0.4, 0.5) is 0 Å². The van der Waals surface area contributed by atoms with Crippen molar-refractivity contribution in [1.82, 2.24) is 4.98 Å². The Morgan fingerprint density at radius 2 is 1.90 bits per heavy atom. The van der Waals surface area contributed by atoms with Crippen molar-refractivity contribution in [3.05, 3.63) is 63.9 Å². The largest absolute Gasteiger partial charge is 0.393 e. The normalized spacial score (nSPS) is 26.2. The van der Waals surface area contributed by atoms with Crippen molar-refractivity contribution in [1.29, 1.82) is 0 Å². The van der Waals surface area contributed by atoms with Crippen LogP contribution in [0.5, 0.6) is 0 Å². The highest BCUT2D eigenvalue weighted by Crippen LogP contribution is 2.52. The molecule has 110 valence electrons. The minimum Gasteiger partial charge on any atom is -0.393 e. The third-order valence-electron chi connectivity index (χ3n) is 4.19. The standard InChI is InChI=1S/C16H15Cl2NO2/c17-12-5-4-10(7-13(12)18)16(8-11(20)9-16)15(21)14-3-1-2-6-19-14/h1-7,11,15,20-21H,8-9H2/t11-,15-,16+/m0/s1. The van der Waals surface area contributed by atoms with Crippen LogP contribution in [0.2, 0.25) is 10.0 Å². The topological polar surface area (TPSA) is 53.4 Å². The molecule has 1 heterocycles. The molecule has 3 nitrogen and oxygen atoms in total. The van der Waals surface area contributed by atoms with Crippen LogP contribution in [0, 0.1) is 0 Å².